The molecular formula is C12H14F2O. The van der Waals surface area contributed by atoms with Crippen molar-refractivity contribution in [3.8, 4) is 0 Å². The van der Waals surface area contributed by atoms with Crippen LogP contribution in [0, 0.1) is 0 Å². The van der Waals surface area contributed by atoms with Crippen LogP contribution in [0.4, 0.5) is 8.78 Å². The number of halogens is 2. The predicted octanol–water partition coefficient (Wildman–Crippen LogP) is 3.04. The third-order valence-corrected chi connectivity index (χ3v) is 2.80. The van der Waals surface area contributed by atoms with E-state index >= 15 is 0 Å². The minimum absolute atomic E-state index is 0.0987. The minimum Gasteiger partial charge on any atom is -0.396 e. The fourth-order valence-electron chi connectivity index (χ4n) is 1.86. The lowest BCUT2D eigenvalue weighted by molar-refractivity contribution is -0.0277. The molecule has 82 valence electrons. The summed E-state index contributed by atoms with van der Waals surface area (Å²) in [5.74, 6) is -2.58. The molecule has 1 N–H and O–H groups in total. The van der Waals surface area contributed by atoms with Crippen molar-refractivity contribution >= 4 is 0 Å². The van der Waals surface area contributed by atoms with Gasteiger partial charge in [0, 0.05) is 18.6 Å². The highest BCUT2D eigenvalue weighted by Crippen LogP contribution is 2.45. The molecule has 0 aromatic heterocycles. The minimum atomic E-state index is -2.89. The van der Waals surface area contributed by atoms with Gasteiger partial charge >= 0.3 is 0 Å². The van der Waals surface area contributed by atoms with Crippen molar-refractivity contribution in [2.75, 3.05) is 6.61 Å². The van der Waals surface area contributed by atoms with Gasteiger partial charge in [-0.3, -0.25) is 0 Å². The van der Waals surface area contributed by atoms with Gasteiger partial charge in [0.1, 0.15) is 0 Å². The largest absolute Gasteiger partial charge is 0.396 e. The Balaban J connectivity index is 2.33. The summed E-state index contributed by atoms with van der Waals surface area (Å²) in [6.07, 6.45) is 1.52. The Hall–Kier alpha value is -0.960. The van der Waals surface area contributed by atoms with Crippen molar-refractivity contribution < 1.29 is 13.9 Å². The molecule has 1 nitrogen and oxygen atoms in total. The summed E-state index contributed by atoms with van der Waals surface area (Å²) in [4.78, 5) is 0. The van der Waals surface area contributed by atoms with Crippen LogP contribution in [0.15, 0.2) is 24.3 Å². The summed E-state index contributed by atoms with van der Waals surface area (Å²) in [5, 5.41) is 8.63. The first kappa shape index (κ1) is 10.6. The van der Waals surface area contributed by atoms with Gasteiger partial charge in [0.05, 0.1) is 0 Å². The van der Waals surface area contributed by atoms with Crippen LogP contribution in [0.25, 0.3) is 0 Å². The molecule has 1 aliphatic rings. The molecule has 0 saturated heterocycles. The van der Waals surface area contributed by atoms with Gasteiger partial charge in [-0.05, 0) is 24.3 Å². The van der Waals surface area contributed by atoms with E-state index in [1.54, 1.807) is 18.2 Å². The third kappa shape index (κ3) is 2.17. The molecule has 0 atom stereocenters. The molecule has 1 saturated carbocycles. The summed E-state index contributed by atoms with van der Waals surface area (Å²) in [6.45, 7) is -0.480. The first-order chi connectivity index (χ1) is 7.15. The second-order valence-electron chi connectivity index (χ2n) is 4.04. The Bertz CT molecular complexity index is 345. The molecule has 0 unspecified atom stereocenters. The molecule has 3 heteroatoms. The van der Waals surface area contributed by atoms with Crippen molar-refractivity contribution in [2.24, 2.45) is 0 Å². The van der Waals surface area contributed by atoms with Crippen LogP contribution in [0.2, 0.25) is 0 Å². The molecule has 1 aromatic rings. The van der Waals surface area contributed by atoms with Gasteiger partial charge in [0.15, 0.2) is 0 Å². The maximum absolute atomic E-state index is 13.6. The number of aliphatic hydroxyl groups is 1. The summed E-state index contributed by atoms with van der Waals surface area (Å²) < 4.78 is 27.3. The number of aliphatic hydroxyl groups excluding tert-OH is 1. The quantitative estimate of drug-likeness (QED) is 0.813. The van der Waals surface area contributed by atoms with Crippen molar-refractivity contribution in [2.45, 2.75) is 31.1 Å². The Morgan fingerprint density at radius 2 is 1.93 bits per heavy atom. The van der Waals surface area contributed by atoms with Crippen molar-refractivity contribution in [1.29, 1.82) is 0 Å². The van der Waals surface area contributed by atoms with Crippen LogP contribution in [-0.4, -0.2) is 11.7 Å². The summed E-state index contributed by atoms with van der Waals surface area (Å²) in [6, 6.07) is 6.68. The average molecular weight is 212 g/mol. The van der Waals surface area contributed by atoms with E-state index in [0.29, 0.717) is 5.92 Å². The highest BCUT2D eigenvalue weighted by Gasteiger charge is 2.37. The van der Waals surface area contributed by atoms with Crippen LogP contribution >= 0.6 is 0 Å². The van der Waals surface area contributed by atoms with Gasteiger partial charge in [-0.1, -0.05) is 24.3 Å². The molecule has 1 fully saturated rings. The third-order valence-electron chi connectivity index (χ3n) is 2.80. The number of hydrogen-bond donors (Lipinski definition) is 1. The van der Waals surface area contributed by atoms with E-state index in [9.17, 15) is 8.78 Å². The molecule has 1 aliphatic carbocycles. The number of rotatable bonds is 4. The Morgan fingerprint density at radius 1 is 1.27 bits per heavy atom. The first-order valence-electron chi connectivity index (χ1n) is 5.23. The summed E-state index contributed by atoms with van der Waals surface area (Å²) in [5.41, 5.74) is 0.859. The van der Waals surface area contributed by atoms with Crippen LogP contribution in [0.3, 0.4) is 0 Å². The summed E-state index contributed by atoms with van der Waals surface area (Å²) >= 11 is 0. The zero-order chi connectivity index (χ0) is 10.9. The van der Waals surface area contributed by atoms with Crippen LogP contribution in [0.5, 0.6) is 0 Å². The lowest BCUT2D eigenvalue weighted by Crippen LogP contribution is -2.17. The first-order valence-corrected chi connectivity index (χ1v) is 5.23. The molecule has 15 heavy (non-hydrogen) atoms. The van der Waals surface area contributed by atoms with Crippen LogP contribution in [0.1, 0.15) is 36.3 Å². The molecule has 0 spiro atoms. The molecule has 0 radical (unpaired) electrons. The van der Waals surface area contributed by atoms with E-state index in [-0.39, 0.29) is 5.56 Å². The molecular weight excluding hydrogens is 198 g/mol. The van der Waals surface area contributed by atoms with Gasteiger partial charge < -0.3 is 5.11 Å². The Morgan fingerprint density at radius 3 is 2.53 bits per heavy atom. The van der Waals surface area contributed by atoms with Gasteiger partial charge in [-0.2, -0.15) is 0 Å². The van der Waals surface area contributed by atoms with E-state index in [1.165, 1.54) is 6.07 Å². The van der Waals surface area contributed by atoms with Crippen LogP contribution in [-0.2, 0) is 5.92 Å². The molecule has 0 heterocycles. The van der Waals surface area contributed by atoms with E-state index in [0.717, 1.165) is 18.4 Å². The smallest absolute Gasteiger partial charge is 0.275 e. The zero-order valence-corrected chi connectivity index (χ0v) is 8.42. The molecule has 0 bridgehead atoms. The standard InChI is InChI=1S/C12H14F2O/c13-12(14,7-8-15)11-4-2-1-3-10(11)9-5-6-9/h1-4,9,15H,5-8H2. The number of benzene rings is 1. The zero-order valence-electron chi connectivity index (χ0n) is 8.42. The average Bonchev–Trinajstić information content (AvgIpc) is 3.01. The second kappa shape index (κ2) is 3.89. The fourth-order valence-corrected chi connectivity index (χ4v) is 1.86. The van der Waals surface area contributed by atoms with Crippen LogP contribution < -0.4 is 0 Å². The monoisotopic (exact) mass is 212 g/mol. The van der Waals surface area contributed by atoms with E-state index in [1.807, 2.05) is 0 Å². The highest BCUT2D eigenvalue weighted by atomic mass is 19.3. The Labute approximate surface area is 87.7 Å². The fraction of sp³-hybridized carbons (Fsp3) is 0.500. The summed E-state index contributed by atoms with van der Waals surface area (Å²) in [7, 11) is 0. The number of alkyl halides is 2. The second-order valence-corrected chi connectivity index (χ2v) is 4.04. The maximum atomic E-state index is 13.6. The maximum Gasteiger partial charge on any atom is 0.275 e. The van der Waals surface area contributed by atoms with Crippen molar-refractivity contribution in [3.63, 3.8) is 0 Å². The Kier molecular flexibility index (Phi) is 2.74. The van der Waals surface area contributed by atoms with Gasteiger partial charge in [0.2, 0.25) is 0 Å². The molecule has 0 aliphatic heterocycles. The van der Waals surface area contributed by atoms with Gasteiger partial charge in [-0.25, -0.2) is 8.78 Å². The SMILES string of the molecule is OCCC(F)(F)c1ccccc1C1CC1. The molecule has 0 amide bonds. The lowest BCUT2D eigenvalue weighted by atomic mass is 9.96. The van der Waals surface area contributed by atoms with E-state index in [4.69, 9.17) is 5.11 Å². The molecule has 2 rings (SSSR count). The van der Waals surface area contributed by atoms with E-state index < -0.39 is 19.0 Å². The van der Waals surface area contributed by atoms with Crippen molar-refractivity contribution in [3.05, 3.63) is 35.4 Å². The van der Waals surface area contributed by atoms with E-state index in [2.05, 4.69) is 0 Å². The predicted molar refractivity (Wildman–Crippen MR) is 54.0 cm³/mol. The van der Waals surface area contributed by atoms with Gasteiger partial charge in [0.25, 0.3) is 5.92 Å². The topological polar surface area (TPSA) is 20.2 Å². The van der Waals surface area contributed by atoms with Gasteiger partial charge in [-0.15, -0.1) is 0 Å². The highest BCUT2D eigenvalue weighted by molar-refractivity contribution is 5.36. The lowest BCUT2D eigenvalue weighted by Gasteiger charge is -2.19. The molecule has 1 aromatic carbocycles. The number of hydrogen-bond acceptors (Lipinski definition) is 1. The van der Waals surface area contributed by atoms with Crippen molar-refractivity contribution in [1.82, 2.24) is 0 Å². The normalized spacial score (nSPS) is 16.7.